The van der Waals surface area contributed by atoms with Crippen LogP contribution < -0.4 is 4.74 Å². The summed E-state index contributed by atoms with van der Waals surface area (Å²) in [5.74, 6) is 0.155. The van der Waals surface area contributed by atoms with Gasteiger partial charge in [-0.15, -0.1) is 0 Å². The first-order valence-electron chi connectivity index (χ1n) is 9.38. The third-order valence-electron chi connectivity index (χ3n) is 4.83. The molecule has 0 saturated carbocycles. The number of carbonyl (C=O) groups excluding carboxylic acids is 1. The molecule has 1 aliphatic rings. The lowest BCUT2D eigenvalue weighted by Gasteiger charge is -2.34. The lowest BCUT2D eigenvalue weighted by atomic mass is 10.1. The lowest BCUT2D eigenvalue weighted by molar-refractivity contribution is 0.0746. The second kappa shape index (κ2) is 8.57. The van der Waals surface area contributed by atoms with E-state index in [2.05, 4.69) is 46.6 Å². The number of benzene rings is 1. The van der Waals surface area contributed by atoms with Crippen LogP contribution in [0.3, 0.4) is 0 Å². The summed E-state index contributed by atoms with van der Waals surface area (Å²) in [7, 11) is 0. The Labute approximate surface area is 173 Å². The molecule has 2 heterocycles. The summed E-state index contributed by atoms with van der Waals surface area (Å²) < 4.78 is 19.6. The van der Waals surface area contributed by atoms with Crippen molar-refractivity contribution in [2.24, 2.45) is 0 Å². The van der Waals surface area contributed by atoms with Gasteiger partial charge in [-0.1, -0.05) is 0 Å². The minimum Gasteiger partial charge on any atom is -0.437 e. The third kappa shape index (κ3) is 4.89. The van der Waals surface area contributed by atoms with Crippen molar-refractivity contribution in [3.05, 3.63) is 52.4 Å². The number of aromatic nitrogens is 1. The van der Waals surface area contributed by atoms with Gasteiger partial charge in [-0.3, -0.25) is 9.69 Å². The van der Waals surface area contributed by atoms with E-state index in [1.54, 1.807) is 18.3 Å². The molecule has 3 rings (SSSR count). The van der Waals surface area contributed by atoms with E-state index in [1.165, 1.54) is 18.2 Å². The number of carbonyl (C=O) groups is 1. The molecule has 2 aromatic rings. The van der Waals surface area contributed by atoms with Crippen molar-refractivity contribution in [2.75, 3.05) is 26.2 Å². The first-order valence-corrected chi connectivity index (χ1v) is 10.2. The van der Waals surface area contributed by atoms with Crippen molar-refractivity contribution >= 4 is 21.8 Å². The zero-order chi connectivity index (χ0) is 20.3. The smallest absolute Gasteiger partial charge is 0.259 e. The molecule has 7 heteroatoms. The van der Waals surface area contributed by atoms with Gasteiger partial charge in [0.25, 0.3) is 5.91 Å². The third-order valence-corrected chi connectivity index (χ3v) is 5.45. The molecule has 1 saturated heterocycles. The predicted octanol–water partition coefficient (Wildman–Crippen LogP) is 4.72. The van der Waals surface area contributed by atoms with Gasteiger partial charge >= 0.3 is 0 Å². The van der Waals surface area contributed by atoms with Crippen LogP contribution in [0.4, 0.5) is 4.39 Å². The van der Waals surface area contributed by atoms with E-state index in [1.807, 2.05) is 4.90 Å². The number of hydrogen-bond acceptors (Lipinski definition) is 4. The molecule has 1 aromatic carbocycles. The Balaban J connectivity index is 1.79. The van der Waals surface area contributed by atoms with Crippen molar-refractivity contribution in [1.82, 2.24) is 14.8 Å². The van der Waals surface area contributed by atoms with Gasteiger partial charge in [0.1, 0.15) is 17.1 Å². The van der Waals surface area contributed by atoms with E-state index in [4.69, 9.17) is 4.74 Å². The number of halogens is 2. The molecule has 0 spiro atoms. The van der Waals surface area contributed by atoms with Crippen LogP contribution in [0.5, 0.6) is 11.6 Å². The van der Waals surface area contributed by atoms with Crippen molar-refractivity contribution in [2.45, 2.75) is 32.7 Å². The highest BCUT2D eigenvalue weighted by molar-refractivity contribution is 9.10. The summed E-state index contributed by atoms with van der Waals surface area (Å²) in [5.41, 5.74) is 0.485. The molecule has 5 nitrogen and oxygen atoms in total. The van der Waals surface area contributed by atoms with Crippen LogP contribution in [0.25, 0.3) is 0 Å². The van der Waals surface area contributed by atoms with Crippen molar-refractivity contribution in [3.63, 3.8) is 0 Å². The maximum Gasteiger partial charge on any atom is 0.259 e. The lowest BCUT2D eigenvalue weighted by Crippen LogP contribution is -2.44. The number of pyridine rings is 1. The van der Waals surface area contributed by atoms with Gasteiger partial charge in [0.15, 0.2) is 0 Å². The summed E-state index contributed by atoms with van der Waals surface area (Å²) in [5, 5.41) is 0. The number of nitrogens with zero attached hydrogens (tertiary/aromatic N) is 3. The van der Waals surface area contributed by atoms with Crippen molar-refractivity contribution < 1.29 is 13.9 Å². The molecule has 150 valence electrons. The first kappa shape index (κ1) is 20.7. The molecular weight excluding hydrogens is 425 g/mol. The molecule has 1 amide bonds. The minimum absolute atomic E-state index is 0.0799. The largest absolute Gasteiger partial charge is 0.437 e. The van der Waals surface area contributed by atoms with Crippen LogP contribution in [0, 0.1) is 5.82 Å². The van der Waals surface area contributed by atoms with E-state index >= 15 is 0 Å². The summed E-state index contributed by atoms with van der Waals surface area (Å²) in [6.07, 6.45) is 2.50. The molecule has 0 aliphatic carbocycles. The fourth-order valence-electron chi connectivity index (χ4n) is 3.26. The summed E-state index contributed by atoms with van der Waals surface area (Å²) in [4.78, 5) is 21.7. The maximum atomic E-state index is 13.3. The Kier molecular flexibility index (Phi) is 6.35. The Bertz CT molecular complexity index is 854. The van der Waals surface area contributed by atoms with Crippen molar-refractivity contribution in [1.29, 1.82) is 0 Å². The fraction of sp³-hybridized carbons (Fsp3) is 0.429. The molecule has 0 atom stereocenters. The van der Waals surface area contributed by atoms with Crippen LogP contribution in [-0.2, 0) is 0 Å². The van der Waals surface area contributed by atoms with Crippen molar-refractivity contribution in [3.8, 4) is 11.6 Å². The summed E-state index contributed by atoms with van der Waals surface area (Å²) in [6.45, 7) is 9.72. The van der Waals surface area contributed by atoms with Crippen LogP contribution in [0.2, 0.25) is 0 Å². The minimum atomic E-state index is -0.371. The predicted molar refractivity (Wildman–Crippen MR) is 110 cm³/mol. The van der Waals surface area contributed by atoms with E-state index < -0.39 is 0 Å². The second-order valence-corrected chi connectivity index (χ2v) is 8.69. The Morgan fingerprint density at radius 3 is 2.68 bits per heavy atom. The molecule has 28 heavy (non-hydrogen) atoms. The van der Waals surface area contributed by atoms with Gasteiger partial charge < -0.3 is 9.64 Å². The highest BCUT2D eigenvalue weighted by Gasteiger charge is 2.27. The van der Waals surface area contributed by atoms with Gasteiger partial charge in [0.2, 0.25) is 5.88 Å². The molecule has 0 unspecified atom stereocenters. The van der Waals surface area contributed by atoms with Crippen LogP contribution >= 0.6 is 15.9 Å². The number of ether oxygens (including phenoxy) is 1. The molecule has 1 fully saturated rings. The average molecular weight is 450 g/mol. The summed E-state index contributed by atoms with van der Waals surface area (Å²) in [6, 6.07) is 7.57. The second-order valence-electron chi connectivity index (χ2n) is 7.84. The zero-order valence-electron chi connectivity index (χ0n) is 16.4. The molecule has 1 aliphatic heterocycles. The Morgan fingerprint density at radius 1 is 1.18 bits per heavy atom. The average Bonchev–Trinajstić information content (AvgIpc) is 2.90. The highest BCUT2D eigenvalue weighted by Crippen LogP contribution is 2.31. The van der Waals surface area contributed by atoms with Crippen LogP contribution in [-0.4, -0.2) is 52.4 Å². The number of amides is 1. The molecule has 0 bridgehead atoms. The number of hydrogen-bond donors (Lipinski definition) is 0. The highest BCUT2D eigenvalue weighted by atomic mass is 79.9. The van der Waals surface area contributed by atoms with E-state index in [0.717, 1.165) is 19.5 Å². The Hall–Kier alpha value is -1.99. The Morgan fingerprint density at radius 2 is 1.96 bits per heavy atom. The molecule has 1 aromatic heterocycles. The van der Waals surface area contributed by atoms with Gasteiger partial charge in [-0.05, 0) is 73.5 Å². The van der Waals surface area contributed by atoms with Gasteiger partial charge in [0, 0.05) is 37.9 Å². The normalized spacial score (nSPS) is 16.0. The molecule has 0 N–H and O–H groups in total. The van der Waals surface area contributed by atoms with Gasteiger partial charge in [-0.25, -0.2) is 9.37 Å². The van der Waals surface area contributed by atoms with Crippen LogP contribution in [0.15, 0.2) is 41.0 Å². The van der Waals surface area contributed by atoms with E-state index in [0.29, 0.717) is 28.9 Å². The van der Waals surface area contributed by atoms with Crippen LogP contribution in [0.1, 0.15) is 37.6 Å². The van der Waals surface area contributed by atoms with Gasteiger partial charge in [-0.2, -0.15) is 0 Å². The quantitative estimate of drug-likeness (QED) is 0.679. The van der Waals surface area contributed by atoms with E-state index in [9.17, 15) is 9.18 Å². The monoisotopic (exact) mass is 449 g/mol. The summed E-state index contributed by atoms with van der Waals surface area (Å²) >= 11 is 3.28. The molecular formula is C21H25BrFN3O2. The SMILES string of the molecule is CC(C)(C)N1CCCN(C(=O)c2cccnc2Oc2ccc(F)cc2Br)CC1. The first-order chi connectivity index (χ1) is 13.3. The topological polar surface area (TPSA) is 45.7 Å². The number of rotatable bonds is 3. The van der Waals surface area contributed by atoms with Gasteiger partial charge in [0.05, 0.1) is 4.47 Å². The standard InChI is InChI=1S/C21H25BrFN3O2/c1-21(2,3)26-11-5-10-25(12-13-26)20(27)16-6-4-9-24-19(16)28-18-8-7-15(23)14-17(18)22/h4,6-9,14H,5,10-13H2,1-3H3. The fourth-order valence-corrected chi connectivity index (χ4v) is 3.69. The molecule has 0 radical (unpaired) electrons. The van der Waals surface area contributed by atoms with E-state index in [-0.39, 0.29) is 23.1 Å². The zero-order valence-corrected chi connectivity index (χ0v) is 18.0. The maximum absolute atomic E-state index is 13.3.